The number of amides is 2. The Labute approximate surface area is 216 Å². The van der Waals surface area contributed by atoms with Crippen LogP contribution in [-0.2, 0) is 25.8 Å². The van der Waals surface area contributed by atoms with Crippen molar-refractivity contribution in [2.24, 2.45) is 5.16 Å². The molecule has 0 spiro atoms. The van der Waals surface area contributed by atoms with E-state index in [0.717, 1.165) is 21.4 Å². The van der Waals surface area contributed by atoms with Gasteiger partial charge >= 0.3 is 5.97 Å². The number of thiazole rings is 1. The molecule has 5 rings (SSSR count). The zero-order valence-electron chi connectivity index (χ0n) is 18.7. The number of thiophene rings is 1. The molecule has 1 saturated heterocycles. The molecule has 0 aliphatic carbocycles. The van der Waals surface area contributed by atoms with Crippen molar-refractivity contribution >= 4 is 78.1 Å². The molecule has 12 nitrogen and oxygen atoms in total. The fraction of sp³-hybridized carbons (Fsp3) is 0.238. The summed E-state index contributed by atoms with van der Waals surface area (Å²) in [5.41, 5.74) is 12.1. The molecule has 36 heavy (non-hydrogen) atoms. The van der Waals surface area contributed by atoms with E-state index in [1.807, 2.05) is 29.1 Å². The standard InChI is InChI=1S/C21H19N7O5S3/c1-33-26-14(11-8-35-21(23)24-11)17(29)25-15-18(30)28-16(20(31)32)10(7-34-19(15)28)6-27-3-2-12-9(5-27)4-13(22)36-12/h2-5,8,15,19H,6-7,22H2,1H3,(H3-,23,24,25,29,31,32)/p+1/b26-14-/t15-,19-/m1/s1. The zero-order chi connectivity index (χ0) is 25.6. The molecule has 2 amide bonds. The summed E-state index contributed by atoms with van der Waals surface area (Å²) in [5.74, 6) is -2.02. The Morgan fingerprint density at radius 3 is 2.92 bits per heavy atom. The van der Waals surface area contributed by atoms with E-state index in [4.69, 9.17) is 16.3 Å². The Balaban J connectivity index is 1.36. The number of nitrogens with zero attached hydrogens (tertiary/aromatic N) is 4. The van der Waals surface area contributed by atoms with Crippen LogP contribution in [-0.4, -0.2) is 62.8 Å². The molecule has 0 bridgehead atoms. The number of aliphatic carboxylic acids is 1. The maximum absolute atomic E-state index is 13.0. The zero-order valence-corrected chi connectivity index (χ0v) is 21.2. The smallest absolute Gasteiger partial charge is 0.352 e. The maximum atomic E-state index is 13.0. The Bertz CT molecular complexity index is 1460. The van der Waals surface area contributed by atoms with Gasteiger partial charge in [0.2, 0.25) is 0 Å². The van der Waals surface area contributed by atoms with Crippen LogP contribution in [0.4, 0.5) is 10.1 Å². The van der Waals surface area contributed by atoms with Crippen LogP contribution in [0.2, 0.25) is 0 Å². The number of oxime groups is 1. The minimum absolute atomic E-state index is 0.0651. The second kappa shape index (κ2) is 9.40. The van der Waals surface area contributed by atoms with Gasteiger partial charge in [-0.3, -0.25) is 14.5 Å². The number of anilines is 2. The fourth-order valence-corrected chi connectivity index (χ4v) is 6.76. The van der Waals surface area contributed by atoms with Crippen molar-refractivity contribution in [2.45, 2.75) is 18.0 Å². The molecule has 2 aliphatic heterocycles. The van der Waals surface area contributed by atoms with Crippen LogP contribution in [0.25, 0.3) is 10.1 Å². The number of hydrogen-bond acceptors (Lipinski definition) is 11. The van der Waals surface area contributed by atoms with Gasteiger partial charge in [-0.2, -0.15) is 0 Å². The van der Waals surface area contributed by atoms with E-state index in [2.05, 4.69) is 15.5 Å². The number of nitrogens with one attached hydrogen (secondary N) is 1. The normalized spacial score (nSPS) is 19.8. The quantitative estimate of drug-likeness (QED) is 0.143. The van der Waals surface area contributed by atoms with Gasteiger partial charge in [-0.05, 0) is 6.07 Å². The van der Waals surface area contributed by atoms with Crippen molar-refractivity contribution in [1.82, 2.24) is 15.2 Å². The van der Waals surface area contributed by atoms with Gasteiger partial charge < -0.3 is 26.7 Å². The molecule has 186 valence electrons. The number of rotatable bonds is 7. The molecule has 3 aromatic rings. The second-order valence-electron chi connectivity index (χ2n) is 7.90. The predicted molar refractivity (Wildman–Crippen MR) is 136 cm³/mol. The number of fused-ring (bicyclic) bond motifs is 2. The molecule has 2 aliphatic rings. The third-order valence-corrected chi connectivity index (χ3v) is 8.56. The van der Waals surface area contributed by atoms with Gasteiger partial charge in [-0.25, -0.2) is 14.3 Å². The SMILES string of the molecule is CO/N=C(\C(=O)N[C@@H]1C(=O)N2C(C(=O)O)=C(C[n+]3ccc4sc(N)cc4c3)CS[C@H]12)c1csc(N)n1. The summed E-state index contributed by atoms with van der Waals surface area (Å²) in [6.45, 7) is 0.295. The molecule has 15 heteroatoms. The van der Waals surface area contributed by atoms with Crippen LogP contribution in [0, 0.1) is 0 Å². The van der Waals surface area contributed by atoms with Crippen molar-refractivity contribution in [3.8, 4) is 0 Å². The first-order valence-corrected chi connectivity index (χ1v) is 13.2. The Morgan fingerprint density at radius 2 is 2.22 bits per heavy atom. The van der Waals surface area contributed by atoms with Crippen molar-refractivity contribution in [2.75, 3.05) is 24.3 Å². The highest BCUT2D eigenvalue weighted by atomic mass is 32.2. The fourth-order valence-electron chi connectivity index (χ4n) is 4.08. The number of nitrogens with two attached hydrogens (primary N) is 2. The summed E-state index contributed by atoms with van der Waals surface area (Å²) < 4.78 is 2.90. The number of pyridine rings is 1. The molecule has 3 aromatic heterocycles. The number of aromatic nitrogens is 2. The summed E-state index contributed by atoms with van der Waals surface area (Å²) in [5, 5.41) is 19.2. The number of β-lactam (4-membered cyclic amide) rings is 1. The lowest BCUT2D eigenvalue weighted by molar-refractivity contribution is -0.687. The van der Waals surface area contributed by atoms with E-state index in [1.165, 1.54) is 35.1 Å². The van der Waals surface area contributed by atoms with E-state index in [1.54, 1.807) is 5.38 Å². The first-order valence-electron chi connectivity index (χ1n) is 10.5. The monoisotopic (exact) mass is 546 g/mol. The number of carbonyl (C=O) groups excluding carboxylic acids is 2. The summed E-state index contributed by atoms with van der Waals surface area (Å²) in [6, 6.07) is 2.86. The molecule has 0 radical (unpaired) electrons. The lowest BCUT2D eigenvalue weighted by atomic mass is 10.0. The third-order valence-electron chi connectivity index (χ3n) is 5.60. The summed E-state index contributed by atoms with van der Waals surface area (Å²) in [6.07, 6.45) is 3.75. The lowest BCUT2D eigenvalue weighted by Crippen LogP contribution is -2.71. The van der Waals surface area contributed by atoms with Crippen LogP contribution < -0.4 is 21.4 Å². The maximum Gasteiger partial charge on any atom is 0.352 e. The molecular formula is C21H20N7O5S3+. The first-order chi connectivity index (χ1) is 17.3. The van der Waals surface area contributed by atoms with Gasteiger partial charge in [0, 0.05) is 27.5 Å². The molecule has 0 aromatic carbocycles. The summed E-state index contributed by atoms with van der Waals surface area (Å²) in [7, 11) is 1.28. The average Bonchev–Trinajstić information content (AvgIpc) is 3.44. The molecule has 2 atom stereocenters. The van der Waals surface area contributed by atoms with Crippen LogP contribution in [0.3, 0.4) is 0 Å². The van der Waals surface area contributed by atoms with E-state index in [0.29, 0.717) is 22.9 Å². The molecule has 0 saturated carbocycles. The average molecular weight is 547 g/mol. The summed E-state index contributed by atoms with van der Waals surface area (Å²) >= 11 is 3.99. The number of carboxylic acid groups (broad SMARTS) is 1. The third kappa shape index (κ3) is 4.25. The highest BCUT2D eigenvalue weighted by Crippen LogP contribution is 2.40. The van der Waals surface area contributed by atoms with Crippen molar-refractivity contribution < 1.29 is 28.9 Å². The highest BCUT2D eigenvalue weighted by molar-refractivity contribution is 8.00. The van der Waals surface area contributed by atoms with Crippen molar-refractivity contribution in [3.05, 3.63) is 46.9 Å². The van der Waals surface area contributed by atoms with Gasteiger partial charge in [0.05, 0.1) is 10.4 Å². The molecular weight excluding hydrogens is 526 g/mol. The highest BCUT2D eigenvalue weighted by Gasteiger charge is 2.54. The van der Waals surface area contributed by atoms with E-state index in [-0.39, 0.29) is 22.2 Å². The number of hydrogen-bond donors (Lipinski definition) is 4. The molecule has 1 fully saturated rings. The van der Waals surface area contributed by atoms with Crippen molar-refractivity contribution in [1.29, 1.82) is 0 Å². The van der Waals surface area contributed by atoms with Gasteiger partial charge in [0.1, 0.15) is 29.9 Å². The Hall–Kier alpha value is -3.69. The molecule has 6 N–H and O–H groups in total. The largest absolute Gasteiger partial charge is 0.477 e. The first kappa shape index (κ1) is 24.0. The van der Waals surface area contributed by atoms with E-state index in [9.17, 15) is 19.5 Å². The lowest BCUT2D eigenvalue weighted by Gasteiger charge is -2.49. The predicted octanol–water partition coefficient (Wildman–Crippen LogP) is 0.599. The van der Waals surface area contributed by atoms with Gasteiger partial charge in [0.25, 0.3) is 11.8 Å². The number of carboxylic acids is 1. The van der Waals surface area contributed by atoms with E-state index < -0.39 is 29.2 Å². The molecule has 5 heterocycles. The topological polar surface area (TPSA) is 177 Å². The minimum atomic E-state index is -1.20. The summed E-state index contributed by atoms with van der Waals surface area (Å²) in [4.78, 5) is 48.1. The van der Waals surface area contributed by atoms with Crippen LogP contribution in [0.5, 0.6) is 0 Å². The van der Waals surface area contributed by atoms with Crippen LogP contribution >= 0.6 is 34.4 Å². The Morgan fingerprint density at radius 1 is 1.42 bits per heavy atom. The second-order valence-corrected chi connectivity index (χ2v) is 11.0. The van der Waals surface area contributed by atoms with Gasteiger partial charge in [0.15, 0.2) is 29.8 Å². The molecule has 0 unspecified atom stereocenters. The minimum Gasteiger partial charge on any atom is -0.477 e. The van der Waals surface area contributed by atoms with Gasteiger partial charge in [-0.15, -0.1) is 34.4 Å². The van der Waals surface area contributed by atoms with Crippen LogP contribution in [0.1, 0.15) is 5.69 Å². The van der Waals surface area contributed by atoms with Gasteiger partial charge in [-0.1, -0.05) is 5.16 Å². The Kier molecular flexibility index (Phi) is 6.27. The van der Waals surface area contributed by atoms with E-state index >= 15 is 0 Å². The number of nitrogen functional groups attached to an aromatic ring is 2. The number of carbonyl (C=O) groups is 3. The van der Waals surface area contributed by atoms with Crippen LogP contribution in [0.15, 0.2) is 46.3 Å². The number of thioether (sulfide) groups is 1. The van der Waals surface area contributed by atoms with Crippen molar-refractivity contribution in [3.63, 3.8) is 0 Å².